The van der Waals surface area contributed by atoms with Crippen molar-refractivity contribution >= 4 is 15.7 Å². The molecule has 130 valence electrons. The summed E-state index contributed by atoms with van der Waals surface area (Å²) in [6.45, 7) is 1.61. The number of nitrogens with one attached hydrogen (secondary N) is 1. The van der Waals surface area contributed by atoms with Crippen LogP contribution in [0, 0.1) is 11.6 Å². The second-order valence-corrected chi connectivity index (χ2v) is 7.69. The lowest BCUT2D eigenvalue weighted by atomic mass is 10.0. The number of nitrogens with zero attached hydrogens (tertiary/aromatic N) is 1. The lowest BCUT2D eigenvalue weighted by Crippen LogP contribution is -2.38. The van der Waals surface area contributed by atoms with Crippen LogP contribution in [0.3, 0.4) is 0 Å². The van der Waals surface area contributed by atoms with Crippen molar-refractivity contribution < 1.29 is 22.0 Å². The van der Waals surface area contributed by atoms with Gasteiger partial charge in [-0.2, -0.15) is 0 Å². The molecule has 0 saturated carbocycles. The van der Waals surface area contributed by atoms with E-state index in [4.69, 9.17) is 0 Å². The highest BCUT2D eigenvalue weighted by molar-refractivity contribution is 7.92. The van der Waals surface area contributed by atoms with Crippen LogP contribution in [0.5, 0.6) is 0 Å². The molecule has 1 rings (SSSR count). The van der Waals surface area contributed by atoms with Gasteiger partial charge in [0.15, 0.2) is 9.84 Å². The summed E-state index contributed by atoms with van der Waals surface area (Å²) in [5.74, 6) is -2.80. The highest BCUT2D eigenvalue weighted by Crippen LogP contribution is 2.23. The van der Waals surface area contributed by atoms with Crippen LogP contribution in [0.2, 0.25) is 0 Å². The summed E-state index contributed by atoms with van der Waals surface area (Å²) < 4.78 is 51.0. The molecule has 1 aromatic carbocycles. The number of carbonyl (C=O) groups excluding carboxylic acids is 1. The van der Waals surface area contributed by atoms with E-state index in [1.54, 1.807) is 25.9 Å². The zero-order valence-corrected chi connectivity index (χ0v) is 14.3. The Labute approximate surface area is 135 Å². The van der Waals surface area contributed by atoms with Gasteiger partial charge in [0, 0.05) is 12.1 Å². The average Bonchev–Trinajstić information content (AvgIpc) is 2.40. The maximum Gasteiger partial charge on any atom is 0.235 e. The zero-order chi connectivity index (χ0) is 17.6. The SMILES string of the molecule is CCCS(=O)(=O)CC(=O)NC[C@H](c1c(F)cccc1F)N(C)C. The number of carbonyl (C=O) groups is 1. The lowest BCUT2D eigenvalue weighted by Gasteiger charge is -2.25. The van der Waals surface area contributed by atoms with Crippen LogP contribution in [0.1, 0.15) is 24.9 Å². The summed E-state index contributed by atoms with van der Waals surface area (Å²) >= 11 is 0. The largest absolute Gasteiger partial charge is 0.353 e. The molecule has 1 aromatic rings. The van der Waals surface area contributed by atoms with Crippen LogP contribution in [0.4, 0.5) is 8.78 Å². The number of hydrogen-bond donors (Lipinski definition) is 1. The van der Waals surface area contributed by atoms with Gasteiger partial charge < -0.3 is 10.2 Å². The van der Waals surface area contributed by atoms with Gasteiger partial charge in [0.25, 0.3) is 0 Å². The van der Waals surface area contributed by atoms with Crippen molar-refractivity contribution in [2.24, 2.45) is 0 Å². The topological polar surface area (TPSA) is 66.5 Å². The van der Waals surface area contributed by atoms with Gasteiger partial charge >= 0.3 is 0 Å². The van der Waals surface area contributed by atoms with Crippen molar-refractivity contribution in [1.82, 2.24) is 10.2 Å². The molecule has 0 fully saturated rings. The average molecular weight is 348 g/mol. The molecule has 23 heavy (non-hydrogen) atoms. The summed E-state index contributed by atoms with van der Waals surface area (Å²) in [7, 11) is -0.211. The highest BCUT2D eigenvalue weighted by atomic mass is 32.2. The van der Waals surface area contributed by atoms with Crippen molar-refractivity contribution in [3.63, 3.8) is 0 Å². The Morgan fingerprint density at radius 2 is 1.83 bits per heavy atom. The van der Waals surface area contributed by atoms with E-state index < -0.39 is 39.2 Å². The molecule has 0 aromatic heterocycles. The van der Waals surface area contributed by atoms with E-state index in [1.807, 2.05) is 0 Å². The van der Waals surface area contributed by atoms with Crippen LogP contribution >= 0.6 is 0 Å². The van der Waals surface area contributed by atoms with E-state index >= 15 is 0 Å². The fraction of sp³-hybridized carbons (Fsp3) is 0.533. The molecular formula is C15H22F2N2O3S. The molecule has 1 atom stereocenters. The molecule has 0 radical (unpaired) electrons. The Morgan fingerprint density at radius 3 is 2.30 bits per heavy atom. The molecule has 0 heterocycles. The van der Waals surface area contributed by atoms with Crippen LogP contribution in [0.15, 0.2) is 18.2 Å². The molecule has 8 heteroatoms. The third-order valence-electron chi connectivity index (χ3n) is 3.31. The second-order valence-electron chi connectivity index (χ2n) is 5.51. The summed E-state index contributed by atoms with van der Waals surface area (Å²) in [4.78, 5) is 13.3. The minimum absolute atomic E-state index is 0.0700. The molecule has 1 amide bonds. The number of likely N-dealkylation sites (N-methyl/N-ethyl adjacent to an activating group) is 1. The highest BCUT2D eigenvalue weighted by Gasteiger charge is 2.23. The maximum atomic E-state index is 13.9. The minimum atomic E-state index is -3.45. The Morgan fingerprint density at radius 1 is 1.26 bits per heavy atom. The van der Waals surface area contributed by atoms with Gasteiger partial charge in [-0.1, -0.05) is 13.0 Å². The number of rotatable bonds is 8. The fourth-order valence-electron chi connectivity index (χ4n) is 2.22. The van der Waals surface area contributed by atoms with Crippen molar-refractivity contribution in [3.8, 4) is 0 Å². The first-order chi connectivity index (χ1) is 10.7. The first kappa shape index (κ1) is 19.5. The number of hydrogen-bond acceptors (Lipinski definition) is 4. The van der Waals surface area contributed by atoms with Crippen LogP contribution < -0.4 is 5.32 Å². The van der Waals surface area contributed by atoms with Crippen LogP contribution in [-0.2, 0) is 14.6 Å². The van der Waals surface area contributed by atoms with Gasteiger partial charge in [-0.15, -0.1) is 0 Å². The molecule has 0 aliphatic rings. The minimum Gasteiger partial charge on any atom is -0.353 e. The van der Waals surface area contributed by atoms with Crippen molar-refractivity contribution in [3.05, 3.63) is 35.4 Å². The first-order valence-corrected chi connectivity index (χ1v) is 9.07. The van der Waals surface area contributed by atoms with Crippen molar-refractivity contribution in [2.75, 3.05) is 32.1 Å². The molecule has 0 aliphatic heterocycles. The second kappa shape index (κ2) is 8.35. The van der Waals surface area contributed by atoms with Gasteiger partial charge in [-0.25, -0.2) is 17.2 Å². The predicted molar refractivity (Wildman–Crippen MR) is 84.7 cm³/mol. The lowest BCUT2D eigenvalue weighted by molar-refractivity contribution is -0.118. The molecule has 1 N–H and O–H groups in total. The Balaban J connectivity index is 2.81. The van der Waals surface area contributed by atoms with E-state index in [9.17, 15) is 22.0 Å². The molecular weight excluding hydrogens is 326 g/mol. The van der Waals surface area contributed by atoms with Gasteiger partial charge in [0.2, 0.25) is 5.91 Å². The van der Waals surface area contributed by atoms with Crippen molar-refractivity contribution in [2.45, 2.75) is 19.4 Å². The monoisotopic (exact) mass is 348 g/mol. The van der Waals surface area contributed by atoms with Crippen molar-refractivity contribution in [1.29, 1.82) is 0 Å². The maximum absolute atomic E-state index is 13.9. The van der Waals surface area contributed by atoms with Gasteiger partial charge in [-0.05, 0) is 32.6 Å². The summed E-state index contributed by atoms with van der Waals surface area (Å²) in [5.41, 5.74) is -0.158. The quantitative estimate of drug-likeness (QED) is 0.773. The summed E-state index contributed by atoms with van der Waals surface area (Å²) in [6, 6.07) is 2.80. The molecule has 0 bridgehead atoms. The van der Waals surface area contributed by atoms with E-state index in [0.717, 1.165) is 12.1 Å². The fourth-order valence-corrected chi connectivity index (χ4v) is 3.48. The summed E-state index contributed by atoms with van der Waals surface area (Å²) in [6.07, 6.45) is 0.427. The number of sulfone groups is 1. The standard InChI is InChI=1S/C15H22F2N2O3S/c1-4-8-23(21,22)10-14(20)18-9-13(19(2)3)15-11(16)6-5-7-12(15)17/h5-7,13H,4,8-10H2,1-3H3,(H,18,20)/t13-/m1/s1. The number of amides is 1. The normalized spacial score (nSPS) is 13.1. The summed E-state index contributed by atoms with van der Waals surface area (Å²) in [5, 5.41) is 2.44. The Kier molecular flexibility index (Phi) is 7.08. The molecule has 0 spiro atoms. The van der Waals surface area contributed by atoms with Gasteiger partial charge in [0.05, 0.1) is 11.8 Å². The zero-order valence-electron chi connectivity index (χ0n) is 13.5. The number of benzene rings is 1. The Bertz CT molecular complexity index is 628. The molecule has 0 aliphatic carbocycles. The van der Waals surface area contributed by atoms with E-state index in [-0.39, 0.29) is 17.9 Å². The third kappa shape index (κ3) is 5.87. The van der Waals surface area contributed by atoms with E-state index in [0.29, 0.717) is 6.42 Å². The molecule has 5 nitrogen and oxygen atoms in total. The van der Waals surface area contributed by atoms with Gasteiger partial charge in [0.1, 0.15) is 17.4 Å². The number of halogens is 2. The predicted octanol–water partition coefficient (Wildman–Crippen LogP) is 1.51. The van der Waals surface area contributed by atoms with Crippen LogP contribution in [0.25, 0.3) is 0 Å². The first-order valence-electron chi connectivity index (χ1n) is 7.25. The van der Waals surface area contributed by atoms with E-state index in [2.05, 4.69) is 5.32 Å². The molecule has 0 saturated heterocycles. The van der Waals surface area contributed by atoms with E-state index in [1.165, 1.54) is 6.07 Å². The van der Waals surface area contributed by atoms with Gasteiger partial charge in [-0.3, -0.25) is 4.79 Å². The smallest absolute Gasteiger partial charge is 0.235 e. The third-order valence-corrected chi connectivity index (χ3v) is 5.05. The molecule has 0 unspecified atom stereocenters. The van der Waals surface area contributed by atoms with Crippen LogP contribution in [-0.4, -0.2) is 51.4 Å². The Hall–Kier alpha value is -1.54.